The van der Waals surface area contributed by atoms with Crippen LogP contribution in [0.1, 0.15) is 69.7 Å². The van der Waals surface area contributed by atoms with Gasteiger partial charge in [0.1, 0.15) is 0 Å². The Labute approximate surface area is 204 Å². The van der Waals surface area contributed by atoms with E-state index in [1.165, 1.54) is 5.57 Å². The van der Waals surface area contributed by atoms with Crippen LogP contribution >= 0.6 is 15.9 Å². The molecule has 0 N–H and O–H groups in total. The van der Waals surface area contributed by atoms with E-state index in [9.17, 15) is 14.4 Å². The summed E-state index contributed by atoms with van der Waals surface area (Å²) in [6.45, 7) is 6.07. The van der Waals surface area contributed by atoms with E-state index in [0.29, 0.717) is 30.2 Å². The van der Waals surface area contributed by atoms with Crippen molar-refractivity contribution in [1.82, 2.24) is 0 Å². The molecule has 2 fully saturated rings. The Morgan fingerprint density at radius 2 is 1.73 bits per heavy atom. The highest BCUT2D eigenvalue weighted by Crippen LogP contribution is 2.67. The van der Waals surface area contributed by atoms with Crippen LogP contribution in [-0.4, -0.2) is 23.1 Å². The molecule has 0 radical (unpaired) electrons. The van der Waals surface area contributed by atoms with E-state index in [2.05, 4.69) is 41.9 Å². The third-order valence-corrected chi connectivity index (χ3v) is 10.1. The maximum atomic E-state index is 13.2. The van der Waals surface area contributed by atoms with E-state index in [1.54, 1.807) is 19.1 Å². The first-order valence-corrected chi connectivity index (χ1v) is 12.8. The molecular weight excluding hydrogens is 480 g/mol. The molecule has 6 atom stereocenters. The lowest BCUT2D eigenvalue weighted by atomic mass is 9.48. The van der Waals surface area contributed by atoms with Crippen molar-refractivity contribution in [3.8, 4) is 0 Å². The largest absolute Gasteiger partial charge is 0.447 e. The van der Waals surface area contributed by atoms with Crippen molar-refractivity contribution < 1.29 is 19.1 Å². The highest BCUT2D eigenvalue weighted by atomic mass is 79.9. The Bertz CT molecular complexity index is 1090. The average molecular weight is 511 g/mol. The minimum Gasteiger partial charge on any atom is -0.447 e. The number of ketones is 2. The first-order valence-electron chi connectivity index (χ1n) is 12.0. The highest BCUT2D eigenvalue weighted by Gasteiger charge is 2.67. The number of carbonyl (C=O) groups is 3. The number of halogens is 1. The van der Waals surface area contributed by atoms with E-state index in [4.69, 9.17) is 4.74 Å². The van der Waals surface area contributed by atoms with E-state index in [-0.39, 0.29) is 22.9 Å². The lowest BCUT2D eigenvalue weighted by Crippen LogP contribution is -2.58. The predicted octanol–water partition coefficient (Wildman–Crippen LogP) is 6.24. The van der Waals surface area contributed by atoms with Crippen molar-refractivity contribution in [2.75, 3.05) is 0 Å². The highest BCUT2D eigenvalue weighted by molar-refractivity contribution is 9.10. The summed E-state index contributed by atoms with van der Waals surface area (Å²) in [4.78, 5) is 38.4. The van der Waals surface area contributed by atoms with Gasteiger partial charge in [-0.2, -0.15) is 0 Å². The molecule has 4 aliphatic rings. The van der Waals surface area contributed by atoms with Gasteiger partial charge in [-0.25, -0.2) is 4.79 Å². The second-order valence-corrected chi connectivity index (χ2v) is 11.8. The van der Waals surface area contributed by atoms with Gasteiger partial charge in [0.2, 0.25) is 0 Å². The summed E-state index contributed by atoms with van der Waals surface area (Å²) in [5, 5.41) is 0. The van der Waals surface area contributed by atoms with Crippen molar-refractivity contribution in [3.05, 3.63) is 58.1 Å². The van der Waals surface area contributed by atoms with Gasteiger partial charge in [-0.05, 0) is 98.1 Å². The van der Waals surface area contributed by atoms with Gasteiger partial charge >= 0.3 is 5.97 Å². The van der Waals surface area contributed by atoms with Crippen LogP contribution in [0, 0.1) is 28.6 Å². The zero-order valence-corrected chi connectivity index (χ0v) is 21.1. The molecule has 5 heteroatoms. The molecule has 5 rings (SSSR count). The number of carbonyl (C=O) groups excluding carboxylic acids is 3. The molecule has 0 heterocycles. The van der Waals surface area contributed by atoms with Crippen LogP contribution in [0.5, 0.6) is 0 Å². The predicted molar refractivity (Wildman–Crippen MR) is 130 cm³/mol. The number of ether oxygens (including phenoxy) is 1. The second kappa shape index (κ2) is 7.76. The van der Waals surface area contributed by atoms with Crippen molar-refractivity contribution in [1.29, 1.82) is 0 Å². The third kappa shape index (κ3) is 3.25. The van der Waals surface area contributed by atoms with Crippen LogP contribution in [0.3, 0.4) is 0 Å². The number of rotatable bonds is 3. The minimum absolute atomic E-state index is 0.00420. The molecule has 0 unspecified atom stereocenters. The molecule has 1 aromatic carbocycles. The Hall–Kier alpha value is -2.01. The zero-order chi connectivity index (χ0) is 23.6. The summed E-state index contributed by atoms with van der Waals surface area (Å²) >= 11 is 3.40. The molecule has 0 aliphatic heterocycles. The van der Waals surface area contributed by atoms with Gasteiger partial charge in [0.25, 0.3) is 0 Å². The quantitative estimate of drug-likeness (QED) is 0.451. The van der Waals surface area contributed by atoms with Crippen LogP contribution in [0.25, 0.3) is 0 Å². The maximum absolute atomic E-state index is 13.2. The number of fused-ring (bicyclic) bond motifs is 5. The number of benzene rings is 1. The summed E-state index contributed by atoms with van der Waals surface area (Å²) in [5.41, 5.74) is 0.134. The second-order valence-electron chi connectivity index (χ2n) is 10.9. The number of allylic oxidation sites excluding steroid dienone is 4. The summed E-state index contributed by atoms with van der Waals surface area (Å²) in [7, 11) is 0. The molecule has 4 nitrogen and oxygen atoms in total. The molecule has 0 amide bonds. The molecule has 0 spiro atoms. The summed E-state index contributed by atoms with van der Waals surface area (Å²) in [5.74, 6) is 0.791. The van der Waals surface area contributed by atoms with Gasteiger partial charge in [-0.3, -0.25) is 9.59 Å². The Balaban J connectivity index is 1.49. The molecule has 2 saturated carbocycles. The van der Waals surface area contributed by atoms with Crippen LogP contribution in [0.2, 0.25) is 0 Å². The zero-order valence-electron chi connectivity index (χ0n) is 19.5. The minimum atomic E-state index is -1.10. The third-order valence-electron chi connectivity index (χ3n) is 9.55. The molecule has 174 valence electrons. The van der Waals surface area contributed by atoms with Crippen LogP contribution in [0.15, 0.2) is 52.5 Å². The van der Waals surface area contributed by atoms with Gasteiger partial charge in [-0.15, -0.1) is 0 Å². The molecular formula is C28H31BrO4. The van der Waals surface area contributed by atoms with Gasteiger partial charge in [-0.1, -0.05) is 41.9 Å². The topological polar surface area (TPSA) is 60.4 Å². The van der Waals surface area contributed by atoms with Crippen LogP contribution < -0.4 is 0 Å². The van der Waals surface area contributed by atoms with Gasteiger partial charge in [0.05, 0.1) is 5.56 Å². The molecule has 0 saturated heterocycles. The van der Waals surface area contributed by atoms with E-state index >= 15 is 0 Å². The number of hydrogen-bond acceptors (Lipinski definition) is 4. The molecule has 1 aromatic rings. The molecule has 4 aliphatic carbocycles. The van der Waals surface area contributed by atoms with Gasteiger partial charge in [0.15, 0.2) is 17.2 Å². The van der Waals surface area contributed by atoms with E-state index < -0.39 is 17.0 Å². The fourth-order valence-corrected chi connectivity index (χ4v) is 7.88. The van der Waals surface area contributed by atoms with Gasteiger partial charge < -0.3 is 4.74 Å². The number of esters is 1. The smallest absolute Gasteiger partial charge is 0.339 e. The fourth-order valence-electron chi connectivity index (χ4n) is 7.62. The van der Waals surface area contributed by atoms with Crippen molar-refractivity contribution in [2.24, 2.45) is 28.6 Å². The van der Waals surface area contributed by atoms with Crippen molar-refractivity contribution >= 4 is 33.5 Å². The normalized spacial score (nSPS) is 39.2. The first kappa shape index (κ1) is 22.8. The lowest BCUT2D eigenvalue weighted by Gasteiger charge is -2.57. The van der Waals surface area contributed by atoms with Crippen LogP contribution in [-0.2, 0) is 14.3 Å². The average Bonchev–Trinajstić information content (AvgIpc) is 3.08. The molecule has 33 heavy (non-hydrogen) atoms. The standard InChI is InChI=1S/C28H31BrO4/c1-17(30)28(33-25(32)18-4-7-20(29)8-5-18)15-12-24-22-9-6-19-16-21(31)10-13-26(19,2)23(22)11-14-27(24,28)3/h4-9,16,22-24H,10-15H2,1-3H3/t22-,23+,24+,26+,27+,28+/m1/s1. The van der Waals surface area contributed by atoms with E-state index in [0.717, 1.165) is 30.2 Å². The fraction of sp³-hybridized carbons (Fsp3) is 0.536. The molecule has 0 bridgehead atoms. The van der Waals surface area contributed by atoms with E-state index in [1.807, 2.05) is 18.2 Å². The lowest BCUT2D eigenvalue weighted by molar-refractivity contribution is -0.158. The Kier molecular flexibility index (Phi) is 5.35. The Morgan fingerprint density at radius 1 is 1.03 bits per heavy atom. The maximum Gasteiger partial charge on any atom is 0.339 e. The first-order chi connectivity index (χ1) is 15.6. The number of Topliss-reactive ketones (excluding diaryl/α,β-unsaturated/α-hetero) is 1. The van der Waals surface area contributed by atoms with Crippen molar-refractivity contribution in [2.45, 2.75) is 64.9 Å². The summed E-state index contributed by atoms with van der Waals surface area (Å²) in [6.07, 6.45) is 11.0. The monoisotopic (exact) mass is 510 g/mol. The number of hydrogen-bond donors (Lipinski definition) is 0. The van der Waals surface area contributed by atoms with Gasteiger partial charge in [0, 0.05) is 16.3 Å². The Morgan fingerprint density at radius 3 is 2.42 bits per heavy atom. The SMILES string of the molecule is CC(=O)[C@@]1(OC(=O)c2ccc(Br)cc2)CC[C@H]2[C@@H]3C=CC4=CC(=O)CC[C@]4(C)[C@H]3CC[C@@]21C. The summed E-state index contributed by atoms with van der Waals surface area (Å²) < 4.78 is 7.09. The summed E-state index contributed by atoms with van der Waals surface area (Å²) in [6, 6.07) is 7.09. The van der Waals surface area contributed by atoms with Crippen LogP contribution in [0.4, 0.5) is 0 Å². The van der Waals surface area contributed by atoms with Crippen molar-refractivity contribution in [3.63, 3.8) is 0 Å². The molecule has 0 aromatic heterocycles.